The van der Waals surface area contributed by atoms with Gasteiger partial charge < -0.3 is 15.4 Å². The SMILES string of the molecule is CCC(NC(=O)NCCN(CC)C(C)C)c1ccc(OC)cc1. The molecule has 0 bridgehead atoms. The quantitative estimate of drug-likeness (QED) is 0.734. The molecule has 0 heterocycles. The second-order valence-electron chi connectivity index (χ2n) is 5.86. The Morgan fingerprint density at radius 1 is 1.22 bits per heavy atom. The Morgan fingerprint density at radius 2 is 1.87 bits per heavy atom. The Balaban J connectivity index is 2.46. The van der Waals surface area contributed by atoms with Crippen LogP contribution in [-0.4, -0.2) is 43.7 Å². The number of nitrogens with zero attached hydrogens (tertiary/aromatic N) is 1. The standard InChI is InChI=1S/C18H31N3O2/c1-6-17(15-8-10-16(23-5)11-9-15)20-18(22)19-12-13-21(7-2)14(3)4/h8-11,14,17H,6-7,12-13H2,1-5H3,(H2,19,20,22). The number of hydrogen-bond donors (Lipinski definition) is 2. The van der Waals surface area contributed by atoms with Gasteiger partial charge in [-0.25, -0.2) is 4.79 Å². The van der Waals surface area contributed by atoms with E-state index in [1.54, 1.807) is 7.11 Å². The van der Waals surface area contributed by atoms with E-state index >= 15 is 0 Å². The highest BCUT2D eigenvalue weighted by Gasteiger charge is 2.13. The van der Waals surface area contributed by atoms with Gasteiger partial charge in [0, 0.05) is 19.1 Å². The van der Waals surface area contributed by atoms with Gasteiger partial charge in [0.15, 0.2) is 0 Å². The first-order chi connectivity index (χ1) is 11.0. The monoisotopic (exact) mass is 321 g/mol. The first-order valence-corrected chi connectivity index (χ1v) is 8.44. The van der Waals surface area contributed by atoms with Crippen molar-refractivity contribution in [2.75, 3.05) is 26.7 Å². The summed E-state index contributed by atoms with van der Waals surface area (Å²) in [6.45, 7) is 11.0. The minimum Gasteiger partial charge on any atom is -0.497 e. The van der Waals surface area contributed by atoms with Crippen LogP contribution in [0.2, 0.25) is 0 Å². The van der Waals surface area contributed by atoms with E-state index in [0.29, 0.717) is 12.6 Å². The Morgan fingerprint density at radius 3 is 2.35 bits per heavy atom. The van der Waals surface area contributed by atoms with Crippen molar-refractivity contribution < 1.29 is 9.53 Å². The lowest BCUT2D eigenvalue weighted by Crippen LogP contribution is -2.43. The maximum atomic E-state index is 12.1. The number of rotatable bonds is 9. The van der Waals surface area contributed by atoms with Crippen LogP contribution in [0.25, 0.3) is 0 Å². The molecule has 0 aromatic heterocycles. The van der Waals surface area contributed by atoms with Gasteiger partial charge in [0.25, 0.3) is 0 Å². The van der Waals surface area contributed by atoms with Crippen molar-refractivity contribution in [1.82, 2.24) is 15.5 Å². The molecular weight excluding hydrogens is 290 g/mol. The first-order valence-electron chi connectivity index (χ1n) is 8.44. The third-order valence-electron chi connectivity index (χ3n) is 4.05. The number of carbonyl (C=O) groups excluding carboxylic acids is 1. The lowest BCUT2D eigenvalue weighted by Gasteiger charge is -2.25. The number of nitrogens with one attached hydrogen (secondary N) is 2. The third-order valence-corrected chi connectivity index (χ3v) is 4.05. The minimum absolute atomic E-state index is 0.00767. The van der Waals surface area contributed by atoms with Gasteiger partial charge in [-0.15, -0.1) is 0 Å². The molecule has 0 aliphatic carbocycles. The van der Waals surface area contributed by atoms with E-state index in [9.17, 15) is 4.79 Å². The number of hydrogen-bond acceptors (Lipinski definition) is 3. The molecule has 2 N–H and O–H groups in total. The van der Waals surface area contributed by atoms with Crippen LogP contribution < -0.4 is 15.4 Å². The highest BCUT2D eigenvalue weighted by atomic mass is 16.5. The molecule has 5 heteroatoms. The maximum Gasteiger partial charge on any atom is 0.315 e. The van der Waals surface area contributed by atoms with Crippen LogP contribution in [-0.2, 0) is 0 Å². The third kappa shape index (κ3) is 6.48. The number of benzene rings is 1. The zero-order valence-electron chi connectivity index (χ0n) is 15.1. The zero-order chi connectivity index (χ0) is 17.2. The van der Waals surface area contributed by atoms with E-state index in [4.69, 9.17) is 4.74 Å². The van der Waals surface area contributed by atoms with Crippen molar-refractivity contribution in [1.29, 1.82) is 0 Å². The molecule has 0 spiro atoms. The molecule has 0 fully saturated rings. The van der Waals surface area contributed by atoms with E-state index in [1.807, 2.05) is 24.3 Å². The average molecular weight is 321 g/mol. The van der Waals surface area contributed by atoms with Crippen LogP contribution in [0.15, 0.2) is 24.3 Å². The van der Waals surface area contributed by atoms with Crippen molar-refractivity contribution in [3.63, 3.8) is 0 Å². The van der Waals surface area contributed by atoms with Crippen LogP contribution in [0.4, 0.5) is 4.79 Å². The minimum atomic E-state index is -0.118. The molecule has 0 aliphatic heterocycles. The summed E-state index contributed by atoms with van der Waals surface area (Å²) in [5.41, 5.74) is 1.08. The van der Waals surface area contributed by atoms with Gasteiger partial charge in [0.05, 0.1) is 13.2 Å². The number of likely N-dealkylation sites (N-methyl/N-ethyl adjacent to an activating group) is 1. The van der Waals surface area contributed by atoms with Crippen molar-refractivity contribution in [2.24, 2.45) is 0 Å². The predicted octanol–water partition coefficient (Wildman–Crippen LogP) is 3.18. The second kappa shape index (κ2) is 10.1. The highest BCUT2D eigenvalue weighted by Crippen LogP contribution is 2.19. The molecule has 1 atom stereocenters. The molecule has 0 aliphatic rings. The normalized spacial score (nSPS) is 12.3. The Labute approximate surface area is 140 Å². The predicted molar refractivity (Wildman–Crippen MR) is 94.9 cm³/mol. The molecule has 1 unspecified atom stereocenters. The summed E-state index contributed by atoms with van der Waals surface area (Å²) in [7, 11) is 1.65. The molecule has 2 amide bonds. The summed E-state index contributed by atoms with van der Waals surface area (Å²) in [5.74, 6) is 0.821. The average Bonchev–Trinajstić information content (AvgIpc) is 2.56. The Bertz CT molecular complexity index is 460. The van der Waals surface area contributed by atoms with Gasteiger partial charge in [-0.3, -0.25) is 4.90 Å². The molecule has 1 aromatic rings. The molecule has 0 saturated heterocycles. The summed E-state index contributed by atoms with van der Waals surface area (Å²) in [5, 5.41) is 5.98. The van der Waals surface area contributed by atoms with E-state index < -0.39 is 0 Å². The summed E-state index contributed by atoms with van der Waals surface area (Å²) < 4.78 is 5.16. The van der Waals surface area contributed by atoms with Gasteiger partial charge in [-0.05, 0) is 44.5 Å². The van der Waals surface area contributed by atoms with Gasteiger partial charge >= 0.3 is 6.03 Å². The fourth-order valence-corrected chi connectivity index (χ4v) is 2.56. The Hall–Kier alpha value is -1.75. The fraction of sp³-hybridized carbons (Fsp3) is 0.611. The fourth-order valence-electron chi connectivity index (χ4n) is 2.56. The van der Waals surface area contributed by atoms with Gasteiger partial charge in [0.2, 0.25) is 0 Å². The van der Waals surface area contributed by atoms with E-state index in [-0.39, 0.29) is 12.1 Å². The number of methoxy groups -OCH3 is 1. The lowest BCUT2D eigenvalue weighted by atomic mass is 10.0. The van der Waals surface area contributed by atoms with Crippen LogP contribution in [0, 0.1) is 0 Å². The molecule has 1 aromatic carbocycles. The zero-order valence-corrected chi connectivity index (χ0v) is 15.1. The molecule has 1 rings (SSSR count). The van der Waals surface area contributed by atoms with Crippen molar-refractivity contribution in [3.05, 3.63) is 29.8 Å². The maximum absolute atomic E-state index is 12.1. The number of carbonyl (C=O) groups is 1. The van der Waals surface area contributed by atoms with Crippen molar-refractivity contribution in [2.45, 2.75) is 46.2 Å². The number of amides is 2. The smallest absolute Gasteiger partial charge is 0.315 e. The highest BCUT2D eigenvalue weighted by molar-refractivity contribution is 5.74. The number of urea groups is 1. The number of ether oxygens (including phenoxy) is 1. The topological polar surface area (TPSA) is 53.6 Å². The summed E-state index contributed by atoms with van der Waals surface area (Å²) in [6.07, 6.45) is 0.840. The largest absolute Gasteiger partial charge is 0.497 e. The van der Waals surface area contributed by atoms with E-state index in [2.05, 4.69) is 43.2 Å². The van der Waals surface area contributed by atoms with Crippen LogP contribution in [0.1, 0.15) is 45.7 Å². The first kappa shape index (κ1) is 19.3. The van der Waals surface area contributed by atoms with Crippen LogP contribution in [0.3, 0.4) is 0 Å². The van der Waals surface area contributed by atoms with Gasteiger partial charge in [-0.2, -0.15) is 0 Å². The lowest BCUT2D eigenvalue weighted by molar-refractivity contribution is 0.220. The van der Waals surface area contributed by atoms with E-state index in [1.165, 1.54) is 0 Å². The van der Waals surface area contributed by atoms with E-state index in [0.717, 1.165) is 30.8 Å². The molecular formula is C18H31N3O2. The summed E-state index contributed by atoms with van der Waals surface area (Å²) in [6, 6.07) is 8.20. The Kier molecular flexibility index (Phi) is 8.48. The van der Waals surface area contributed by atoms with Crippen LogP contribution >= 0.6 is 0 Å². The molecule has 0 saturated carbocycles. The molecule has 5 nitrogen and oxygen atoms in total. The second-order valence-corrected chi connectivity index (χ2v) is 5.86. The van der Waals surface area contributed by atoms with Crippen molar-refractivity contribution in [3.8, 4) is 5.75 Å². The molecule has 0 radical (unpaired) electrons. The molecule has 23 heavy (non-hydrogen) atoms. The van der Waals surface area contributed by atoms with Gasteiger partial charge in [0.1, 0.15) is 5.75 Å². The summed E-state index contributed by atoms with van der Waals surface area (Å²) in [4.78, 5) is 14.4. The summed E-state index contributed by atoms with van der Waals surface area (Å²) >= 11 is 0. The van der Waals surface area contributed by atoms with Crippen LogP contribution in [0.5, 0.6) is 5.75 Å². The molecule has 130 valence electrons. The van der Waals surface area contributed by atoms with Gasteiger partial charge in [-0.1, -0.05) is 26.0 Å². The van der Waals surface area contributed by atoms with Crippen molar-refractivity contribution >= 4 is 6.03 Å².